The van der Waals surface area contributed by atoms with Gasteiger partial charge in [-0.25, -0.2) is 9.97 Å². The van der Waals surface area contributed by atoms with E-state index >= 15 is 0 Å². The van der Waals surface area contributed by atoms with Crippen LogP contribution in [0.3, 0.4) is 0 Å². The summed E-state index contributed by atoms with van der Waals surface area (Å²) < 4.78 is 2.61. The number of hydrogen-bond acceptors (Lipinski definition) is 3. The zero-order chi connectivity index (χ0) is 37.4. The molecule has 0 radical (unpaired) electrons. The van der Waals surface area contributed by atoms with Crippen LogP contribution in [0.4, 0.5) is 0 Å². The monoisotopic (exact) mass is 732 g/mol. The number of fused-ring (bicyclic) bond motifs is 8. The highest BCUT2D eigenvalue weighted by Crippen LogP contribution is 2.50. The van der Waals surface area contributed by atoms with Crippen molar-refractivity contribution in [3.05, 3.63) is 193 Å². The van der Waals surface area contributed by atoms with Gasteiger partial charge in [0.1, 0.15) is 0 Å². The van der Waals surface area contributed by atoms with Gasteiger partial charge in [-0.1, -0.05) is 147 Å². The second kappa shape index (κ2) is 12.7. The van der Waals surface area contributed by atoms with Crippen LogP contribution in [-0.2, 0) is 5.41 Å². The second-order valence-electron chi connectivity index (χ2n) is 15.4. The highest BCUT2D eigenvalue weighted by molar-refractivity contribution is 7.26. The molecular weight excluding hydrogens is 697 g/mol. The Bertz CT molecular complexity index is 3160. The lowest BCUT2D eigenvalue weighted by molar-refractivity contribution is 0.660. The topological polar surface area (TPSA) is 25.8 Å². The maximum atomic E-state index is 5.31. The number of thiophene rings is 1. The molecule has 0 atom stereocenters. The molecule has 8 aromatic carbocycles. The Morgan fingerprint density at radius 2 is 1.02 bits per heavy atom. The largest absolute Gasteiger partial charge is 0.228 e. The number of aromatic nitrogens is 2. The standard InChI is InChI=1S/C53H36N2S/c1-53(2)45-20-12-11-19-42(45)43-24-21-37(31-46(43)53)47-32-48(55-52(54-47)35-16-7-4-8-17-35)40-28-38(33-13-5-3-6-14-33)27-39(29-40)36-23-25-49-44(30-36)51-41-18-10-9-15-34(41)22-26-50(51)56-49/h3-32H,1-2H3. The molecule has 0 amide bonds. The molecule has 0 unspecified atom stereocenters. The lowest BCUT2D eigenvalue weighted by atomic mass is 9.82. The van der Waals surface area contributed by atoms with Crippen molar-refractivity contribution >= 4 is 42.3 Å². The molecule has 0 bridgehead atoms. The number of benzene rings is 8. The van der Waals surface area contributed by atoms with Gasteiger partial charge in [-0.05, 0) is 104 Å². The molecule has 11 rings (SSSR count). The minimum absolute atomic E-state index is 0.111. The van der Waals surface area contributed by atoms with E-state index in [-0.39, 0.29) is 5.41 Å². The molecule has 2 nitrogen and oxygen atoms in total. The van der Waals surface area contributed by atoms with Crippen LogP contribution in [0, 0.1) is 0 Å². The van der Waals surface area contributed by atoms with Crippen molar-refractivity contribution in [3.8, 4) is 67.3 Å². The molecule has 3 heteroatoms. The lowest BCUT2D eigenvalue weighted by Crippen LogP contribution is -2.14. The molecule has 0 saturated carbocycles. The van der Waals surface area contributed by atoms with Crippen molar-refractivity contribution in [2.24, 2.45) is 0 Å². The first-order valence-electron chi connectivity index (χ1n) is 19.2. The predicted octanol–water partition coefficient (Wildman–Crippen LogP) is 14.6. The zero-order valence-electron chi connectivity index (χ0n) is 31.1. The summed E-state index contributed by atoms with van der Waals surface area (Å²) in [7, 11) is 0. The Balaban J connectivity index is 1.12. The summed E-state index contributed by atoms with van der Waals surface area (Å²) in [4.78, 5) is 10.6. The molecule has 0 saturated heterocycles. The predicted molar refractivity (Wildman–Crippen MR) is 237 cm³/mol. The molecule has 2 heterocycles. The summed E-state index contributed by atoms with van der Waals surface area (Å²) in [6.07, 6.45) is 0. The molecule has 264 valence electrons. The normalized spacial score (nSPS) is 13.0. The molecule has 1 aliphatic rings. The van der Waals surface area contributed by atoms with Crippen LogP contribution in [0.2, 0.25) is 0 Å². The summed E-state index contributed by atoms with van der Waals surface area (Å²) in [6.45, 7) is 4.66. The number of hydrogen-bond donors (Lipinski definition) is 0. The van der Waals surface area contributed by atoms with Crippen molar-refractivity contribution in [2.45, 2.75) is 19.3 Å². The van der Waals surface area contributed by atoms with E-state index in [0.717, 1.165) is 39.2 Å². The fraction of sp³-hybridized carbons (Fsp3) is 0.0566. The first-order valence-corrected chi connectivity index (χ1v) is 20.0. The second-order valence-corrected chi connectivity index (χ2v) is 16.5. The van der Waals surface area contributed by atoms with Crippen molar-refractivity contribution in [3.63, 3.8) is 0 Å². The third-order valence-corrected chi connectivity index (χ3v) is 12.8. The van der Waals surface area contributed by atoms with Gasteiger partial charge < -0.3 is 0 Å². The van der Waals surface area contributed by atoms with E-state index in [1.54, 1.807) is 0 Å². The smallest absolute Gasteiger partial charge is 0.160 e. The van der Waals surface area contributed by atoms with Gasteiger partial charge in [-0.2, -0.15) is 0 Å². The summed E-state index contributed by atoms with van der Waals surface area (Å²) in [6, 6.07) is 66.0. The Labute approximate surface area is 330 Å². The van der Waals surface area contributed by atoms with E-state index in [2.05, 4.69) is 190 Å². The highest BCUT2D eigenvalue weighted by atomic mass is 32.1. The zero-order valence-corrected chi connectivity index (χ0v) is 31.9. The Hall–Kier alpha value is -6.68. The van der Waals surface area contributed by atoms with Gasteiger partial charge in [0.15, 0.2) is 5.82 Å². The summed E-state index contributed by atoms with van der Waals surface area (Å²) in [5, 5.41) is 5.19. The van der Waals surface area contributed by atoms with E-state index in [4.69, 9.17) is 9.97 Å². The summed E-state index contributed by atoms with van der Waals surface area (Å²) in [5.74, 6) is 0.714. The van der Waals surface area contributed by atoms with Gasteiger partial charge in [0.05, 0.1) is 11.4 Å². The SMILES string of the molecule is CC1(C)c2ccccc2-c2ccc(-c3cc(-c4cc(-c5ccccc5)cc(-c5ccc6sc7ccc8ccccc8c7c6c5)c4)nc(-c4ccccc4)n3)cc21. The molecule has 2 aromatic heterocycles. The van der Waals surface area contributed by atoms with Gasteiger partial charge >= 0.3 is 0 Å². The Kier molecular flexibility index (Phi) is 7.42. The molecule has 0 fully saturated rings. The lowest BCUT2D eigenvalue weighted by Gasteiger charge is -2.22. The van der Waals surface area contributed by atoms with Crippen LogP contribution in [0.1, 0.15) is 25.0 Å². The first kappa shape index (κ1) is 32.7. The highest BCUT2D eigenvalue weighted by Gasteiger charge is 2.35. The Morgan fingerprint density at radius 1 is 0.393 bits per heavy atom. The fourth-order valence-electron chi connectivity index (χ4n) is 8.79. The number of nitrogens with zero attached hydrogens (tertiary/aromatic N) is 2. The van der Waals surface area contributed by atoms with Gasteiger partial charge in [-0.3, -0.25) is 0 Å². The quantitative estimate of drug-likeness (QED) is 0.176. The summed E-state index contributed by atoms with van der Waals surface area (Å²) in [5.41, 5.74) is 14.8. The average Bonchev–Trinajstić information content (AvgIpc) is 3.75. The van der Waals surface area contributed by atoms with Crippen molar-refractivity contribution in [1.82, 2.24) is 9.97 Å². The fourth-order valence-corrected chi connectivity index (χ4v) is 9.89. The van der Waals surface area contributed by atoms with E-state index in [9.17, 15) is 0 Å². The van der Waals surface area contributed by atoms with E-state index in [0.29, 0.717) is 5.82 Å². The molecule has 1 aliphatic carbocycles. The maximum Gasteiger partial charge on any atom is 0.160 e. The minimum atomic E-state index is -0.111. The minimum Gasteiger partial charge on any atom is -0.228 e. The molecular formula is C53H36N2S. The first-order chi connectivity index (χ1) is 27.5. The maximum absolute atomic E-state index is 5.31. The third kappa shape index (κ3) is 5.31. The van der Waals surface area contributed by atoms with Gasteiger partial charge in [0.2, 0.25) is 0 Å². The van der Waals surface area contributed by atoms with Crippen LogP contribution in [-0.4, -0.2) is 9.97 Å². The van der Waals surface area contributed by atoms with Crippen LogP contribution in [0.15, 0.2) is 182 Å². The average molecular weight is 733 g/mol. The molecule has 56 heavy (non-hydrogen) atoms. The Morgan fingerprint density at radius 3 is 1.84 bits per heavy atom. The van der Waals surface area contributed by atoms with Crippen LogP contribution >= 0.6 is 11.3 Å². The van der Waals surface area contributed by atoms with Gasteiger partial charge in [-0.15, -0.1) is 11.3 Å². The molecule has 0 aliphatic heterocycles. The van der Waals surface area contributed by atoms with Gasteiger partial charge in [0.25, 0.3) is 0 Å². The van der Waals surface area contributed by atoms with E-state index in [1.165, 1.54) is 64.3 Å². The van der Waals surface area contributed by atoms with Crippen molar-refractivity contribution in [2.75, 3.05) is 0 Å². The van der Waals surface area contributed by atoms with Crippen LogP contribution < -0.4 is 0 Å². The number of rotatable bonds is 5. The molecule has 0 N–H and O–H groups in total. The molecule has 10 aromatic rings. The van der Waals surface area contributed by atoms with E-state index in [1.807, 2.05) is 17.4 Å². The molecule has 0 spiro atoms. The van der Waals surface area contributed by atoms with Crippen LogP contribution in [0.25, 0.3) is 98.2 Å². The van der Waals surface area contributed by atoms with Gasteiger partial charge in [0, 0.05) is 42.3 Å². The summed E-state index contributed by atoms with van der Waals surface area (Å²) >= 11 is 1.87. The van der Waals surface area contributed by atoms with E-state index < -0.39 is 0 Å². The third-order valence-electron chi connectivity index (χ3n) is 11.7. The van der Waals surface area contributed by atoms with Crippen molar-refractivity contribution in [1.29, 1.82) is 0 Å². The van der Waals surface area contributed by atoms with Crippen molar-refractivity contribution < 1.29 is 0 Å². The van der Waals surface area contributed by atoms with Crippen LogP contribution in [0.5, 0.6) is 0 Å².